The number of nitrogens with zero attached hydrogens (tertiary/aromatic N) is 1. The number of anilines is 1. The second kappa shape index (κ2) is 10.2. The summed E-state index contributed by atoms with van der Waals surface area (Å²) in [6.07, 6.45) is 0. The van der Waals surface area contributed by atoms with Crippen LogP contribution < -0.4 is 25.1 Å². The van der Waals surface area contributed by atoms with Crippen molar-refractivity contribution in [1.29, 1.82) is 0 Å². The van der Waals surface area contributed by atoms with Crippen molar-refractivity contribution in [2.75, 3.05) is 18.7 Å². The summed E-state index contributed by atoms with van der Waals surface area (Å²) in [6.45, 7) is 2.89. The van der Waals surface area contributed by atoms with Gasteiger partial charge in [-0.2, -0.15) is 0 Å². The summed E-state index contributed by atoms with van der Waals surface area (Å²) in [4.78, 5) is 30.8. The van der Waals surface area contributed by atoms with E-state index in [0.717, 1.165) is 10.9 Å². The second-order valence-electron chi connectivity index (χ2n) is 8.26. The minimum Gasteiger partial charge on any atom is -0.494 e. The highest BCUT2D eigenvalue weighted by atomic mass is 35.5. The lowest BCUT2D eigenvalue weighted by Gasteiger charge is -2.24. The van der Waals surface area contributed by atoms with Crippen molar-refractivity contribution in [3.05, 3.63) is 93.2 Å². The molecular weight excluding hydrogens is 482 g/mol. The van der Waals surface area contributed by atoms with E-state index in [1.165, 1.54) is 0 Å². The molecule has 0 saturated carbocycles. The van der Waals surface area contributed by atoms with Crippen molar-refractivity contribution in [1.82, 2.24) is 9.88 Å². The van der Waals surface area contributed by atoms with Crippen LogP contribution in [0.1, 0.15) is 18.1 Å². The number of rotatable bonds is 7. The normalized spacial score (nSPS) is 11.9. The molecule has 0 radical (unpaired) electrons. The highest BCUT2D eigenvalue weighted by Gasteiger charge is 2.20. The number of amides is 2. The van der Waals surface area contributed by atoms with E-state index in [9.17, 15) is 9.59 Å². The van der Waals surface area contributed by atoms with Crippen LogP contribution in [0.5, 0.6) is 17.2 Å². The van der Waals surface area contributed by atoms with E-state index in [2.05, 4.69) is 10.3 Å². The smallest absolute Gasteiger partial charge is 0.322 e. The third kappa shape index (κ3) is 5.08. The Hall–Kier alpha value is -4.17. The van der Waals surface area contributed by atoms with Gasteiger partial charge >= 0.3 is 6.03 Å². The molecule has 9 heteroatoms. The fraction of sp³-hybridized carbons (Fsp3) is 0.185. The number of aromatic amines is 1. The molecule has 0 aliphatic carbocycles. The predicted molar refractivity (Wildman–Crippen MR) is 138 cm³/mol. The Morgan fingerprint density at radius 2 is 1.89 bits per heavy atom. The van der Waals surface area contributed by atoms with Gasteiger partial charge in [0.25, 0.3) is 5.56 Å². The molecule has 184 valence electrons. The molecule has 2 heterocycles. The molecule has 4 aromatic rings. The van der Waals surface area contributed by atoms with Gasteiger partial charge in [-0.25, -0.2) is 4.79 Å². The molecule has 0 spiro atoms. The van der Waals surface area contributed by atoms with Crippen molar-refractivity contribution >= 4 is 34.2 Å². The number of carbonyl (C=O) groups excluding carboxylic acids is 1. The first-order valence-electron chi connectivity index (χ1n) is 11.5. The van der Waals surface area contributed by atoms with E-state index in [0.29, 0.717) is 45.6 Å². The third-order valence-electron chi connectivity index (χ3n) is 5.78. The number of benzene rings is 3. The van der Waals surface area contributed by atoms with E-state index in [4.69, 9.17) is 25.8 Å². The van der Waals surface area contributed by atoms with Crippen molar-refractivity contribution in [3.8, 4) is 17.2 Å². The van der Waals surface area contributed by atoms with Crippen molar-refractivity contribution < 1.29 is 19.0 Å². The van der Waals surface area contributed by atoms with Crippen LogP contribution in [0.25, 0.3) is 10.9 Å². The van der Waals surface area contributed by atoms with Gasteiger partial charge < -0.3 is 29.4 Å². The Morgan fingerprint density at radius 3 is 2.72 bits per heavy atom. The number of carbonyl (C=O) groups is 1. The van der Waals surface area contributed by atoms with Crippen LogP contribution >= 0.6 is 11.6 Å². The second-order valence-corrected chi connectivity index (χ2v) is 8.67. The Balaban J connectivity index is 1.47. The van der Waals surface area contributed by atoms with Gasteiger partial charge in [-0.05, 0) is 61.0 Å². The number of aromatic nitrogens is 1. The molecule has 2 N–H and O–H groups in total. The predicted octanol–water partition coefficient (Wildman–Crippen LogP) is 5.54. The van der Waals surface area contributed by atoms with Gasteiger partial charge in [-0.15, -0.1) is 0 Å². The summed E-state index contributed by atoms with van der Waals surface area (Å²) in [7, 11) is 0. The molecule has 1 aliphatic rings. The maximum atomic E-state index is 13.4. The van der Waals surface area contributed by atoms with Crippen LogP contribution in [0.3, 0.4) is 0 Å². The van der Waals surface area contributed by atoms with Gasteiger partial charge in [0.15, 0.2) is 11.5 Å². The topological polar surface area (TPSA) is 92.9 Å². The van der Waals surface area contributed by atoms with Gasteiger partial charge in [-0.1, -0.05) is 29.8 Å². The summed E-state index contributed by atoms with van der Waals surface area (Å²) < 4.78 is 16.5. The number of halogens is 1. The summed E-state index contributed by atoms with van der Waals surface area (Å²) in [5.41, 5.74) is 2.16. The molecule has 0 unspecified atom stereocenters. The van der Waals surface area contributed by atoms with Crippen LogP contribution in [0.15, 0.2) is 71.5 Å². The van der Waals surface area contributed by atoms with E-state index in [1.54, 1.807) is 47.4 Å². The highest BCUT2D eigenvalue weighted by Crippen LogP contribution is 2.33. The lowest BCUT2D eigenvalue weighted by Crippen LogP contribution is -2.35. The van der Waals surface area contributed by atoms with E-state index < -0.39 is 6.03 Å². The Morgan fingerprint density at radius 1 is 1.06 bits per heavy atom. The molecule has 5 rings (SSSR count). The number of nitrogens with one attached hydrogen (secondary N) is 2. The zero-order valence-electron chi connectivity index (χ0n) is 19.5. The number of para-hydroxylation sites is 1. The van der Waals surface area contributed by atoms with E-state index >= 15 is 0 Å². The van der Waals surface area contributed by atoms with Crippen LogP contribution in [-0.4, -0.2) is 29.3 Å². The van der Waals surface area contributed by atoms with Crippen LogP contribution in [0, 0.1) is 0 Å². The van der Waals surface area contributed by atoms with Crippen LogP contribution in [0.4, 0.5) is 10.5 Å². The molecule has 0 saturated heterocycles. The third-order valence-corrected chi connectivity index (χ3v) is 6.11. The number of ether oxygens (including phenoxy) is 3. The quantitative estimate of drug-likeness (QED) is 0.344. The molecule has 1 aromatic heterocycles. The molecule has 0 fully saturated rings. The number of urea groups is 1. The molecule has 0 bridgehead atoms. The molecule has 3 aromatic carbocycles. The zero-order valence-corrected chi connectivity index (χ0v) is 20.3. The summed E-state index contributed by atoms with van der Waals surface area (Å²) in [6, 6.07) is 19.4. The lowest BCUT2D eigenvalue weighted by molar-refractivity contribution is 0.174. The monoisotopic (exact) mass is 505 g/mol. The largest absolute Gasteiger partial charge is 0.494 e. The number of hydrogen-bond acceptors (Lipinski definition) is 5. The Kier molecular flexibility index (Phi) is 6.69. The molecule has 2 amide bonds. The molecular formula is C27H24ClN3O5. The first-order valence-corrected chi connectivity index (χ1v) is 11.9. The van der Waals surface area contributed by atoms with Gasteiger partial charge in [0, 0.05) is 23.0 Å². The van der Waals surface area contributed by atoms with E-state index in [-0.39, 0.29) is 25.4 Å². The maximum absolute atomic E-state index is 13.4. The minimum atomic E-state index is -0.400. The fourth-order valence-electron chi connectivity index (χ4n) is 4.03. The standard InChI is InChI=1S/C27H24ClN3O5/c1-2-34-20-8-9-22-18(13-20)12-19(26(32)29-22)15-31(27(33)30-23-6-4-3-5-21(23)28)14-17-7-10-24-25(11-17)36-16-35-24/h3-13H,2,14-16H2,1H3,(H,29,32)(H,30,33). The summed E-state index contributed by atoms with van der Waals surface area (Å²) in [5.74, 6) is 1.98. The number of hydrogen-bond donors (Lipinski definition) is 2. The minimum absolute atomic E-state index is 0.0643. The number of fused-ring (bicyclic) bond motifs is 2. The molecule has 0 atom stereocenters. The summed E-state index contributed by atoms with van der Waals surface area (Å²) in [5, 5.41) is 4.08. The Labute approximate surface area is 212 Å². The van der Waals surface area contributed by atoms with Crippen molar-refractivity contribution in [2.24, 2.45) is 0 Å². The summed E-state index contributed by atoms with van der Waals surface area (Å²) >= 11 is 6.26. The van der Waals surface area contributed by atoms with Gasteiger partial charge in [-0.3, -0.25) is 4.79 Å². The van der Waals surface area contributed by atoms with Gasteiger partial charge in [0.05, 0.1) is 23.9 Å². The lowest BCUT2D eigenvalue weighted by atomic mass is 10.1. The fourth-order valence-corrected chi connectivity index (χ4v) is 4.21. The van der Waals surface area contributed by atoms with Crippen LogP contribution in [-0.2, 0) is 13.1 Å². The zero-order chi connectivity index (χ0) is 25.1. The SMILES string of the molecule is CCOc1ccc2[nH]c(=O)c(CN(Cc3ccc4c(c3)OCO4)C(=O)Nc3ccccc3Cl)cc2c1. The molecule has 1 aliphatic heterocycles. The molecule has 8 nitrogen and oxygen atoms in total. The van der Waals surface area contributed by atoms with Gasteiger partial charge in [0.1, 0.15) is 5.75 Å². The average Bonchev–Trinajstić information content (AvgIpc) is 3.34. The Bertz CT molecular complexity index is 1490. The number of pyridine rings is 1. The number of H-pyrrole nitrogens is 1. The highest BCUT2D eigenvalue weighted by molar-refractivity contribution is 6.33. The van der Waals surface area contributed by atoms with Gasteiger partial charge in [0.2, 0.25) is 6.79 Å². The average molecular weight is 506 g/mol. The van der Waals surface area contributed by atoms with Crippen LogP contribution in [0.2, 0.25) is 5.02 Å². The molecule has 36 heavy (non-hydrogen) atoms. The van der Waals surface area contributed by atoms with E-state index in [1.807, 2.05) is 31.2 Å². The van der Waals surface area contributed by atoms with Crippen molar-refractivity contribution in [2.45, 2.75) is 20.0 Å². The first kappa shape index (κ1) is 23.6. The maximum Gasteiger partial charge on any atom is 0.322 e. The van der Waals surface area contributed by atoms with Crippen molar-refractivity contribution in [3.63, 3.8) is 0 Å². The first-order chi connectivity index (χ1) is 17.5.